The molecule has 1 unspecified atom stereocenters. The zero-order chi connectivity index (χ0) is 25.6. The van der Waals surface area contributed by atoms with Crippen molar-refractivity contribution in [2.45, 2.75) is 70.1 Å². The van der Waals surface area contributed by atoms with E-state index in [2.05, 4.69) is 15.6 Å². The number of anilines is 3. The fraction of sp³-hybridized carbons (Fsp3) is 0.500. The highest BCUT2D eigenvalue weighted by Gasteiger charge is 2.38. The highest BCUT2D eigenvalue weighted by atomic mass is 35.5. The molecule has 0 spiro atoms. The molecule has 0 bridgehead atoms. The Kier molecular flexibility index (Phi) is 6.93. The molecule has 0 aliphatic heterocycles. The van der Waals surface area contributed by atoms with E-state index >= 15 is 0 Å². The van der Waals surface area contributed by atoms with Crippen molar-refractivity contribution in [2.24, 2.45) is 11.1 Å². The standard InChI is InChI=1S/C24H28Cl3N7O2/c1-24(21(28)36)6-4-14(5-7-24)34-20-18(11-29-22(33-20)30-13-2-3-15(35)10-13)31-23(34)32-19-16(26)8-12(25)9-17(19)27/h8-9,11,13-15,35H,2-7,10H2,1H3,(H2,28,36)(H,31,32)(H,29,30,33)/t13?,14?,15-,24?/m1/s1. The number of aromatic nitrogens is 4. The lowest BCUT2D eigenvalue weighted by Gasteiger charge is -2.35. The number of aliphatic hydroxyl groups is 1. The molecular weight excluding hydrogens is 525 g/mol. The molecule has 192 valence electrons. The quantitative estimate of drug-likeness (QED) is 0.319. The van der Waals surface area contributed by atoms with Crippen molar-refractivity contribution in [3.05, 3.63) is 33.4 Å². The molecule has 1 amide bonds. The number of hydrogen-bond donors (Lipinski definition) is 4. The number of carbonyl (C=O) groups is 1. The summed E-state index contributed by atoms with van der Waals surface area (Å²) in [5.41, 5.74) is 6.90. The lowest BCUT2D eigenvalue weighted by molar-refractivity contribution is -0.128. The minimum Gasteiger partial charge on any atom is -0.393 e. The Labute approximate surface area is 223 Å². The minimum atomic E-state index is -0.533. The number of primary amides is 1. The van der Waals surface area contributed by atoms with Gasteiger partial charge in [-0.2, -0.15) is 4.98 Å². The molecule has 12 heteroatoms. The van der Waals surface area contributed by atoms with E-state index in [0.717, 1.165) is 25.7 Å². The summed E-state index contributed by atoms with van der Waals surface area (Å²) >= 11 is 19.0. The van der Waals surface area contributed by atoms with Crippen molar-refractivity contribution in [3.63, 3.8) is 0 Å². The first-order valence-electron chi connectivity index (χ1n) is 12.0. The van der Waals surface area contributed by atoms with Gasteiger partial charge in [-0.05, 0) is 57.1 Å². The van der Waals surface area contributed by atoms with Crippen LogP contribution in [0.2, 0.25) is 15.1 Å². The Hall–Kier alpha value is -2.33. The van der Waals surface area contributed by atoms with E-state index in [0.29, 0.717) is 63.1 Å². The van der Waals surface area contributed by atoms with Gasteiger partial charge < -0.3 is 21.5 Å². The summed E-state index contributed by atoms with van der Waals surface area (Å²) in [4.78, 5) is 26.1. The van der Waals surface area contributed by atoms with Crippen LogP contribution in [0, 0.1) is 5.41 Å². The predicted octanol–water partition coefficient (Wildman–Crippen LogP) is 5.46. The van der Waals surface area contributed by atoms with Crippen LogP contribution in [-0.4, -0.2) is 42.7 Å². The van der Waals surface area contributed by atoms with Crippen molar-refractivity contribution >= 4 is 69.5 Å². The molecule has 36 heavy (non-hydrogen) atoms. The number of nitrogens with zero attached hydrogens (tertiary/aromatic N) is 4. The Morgan fingerprint density at radius 1 is 1.14 bits per heavy atom. The molecule has 2 aromatic heterocycles. The molecule has 3 aromatic rings. The van der Waals surface area contributed by atoms with Crippen LogP contribution in [0.15, 0.2) is 18.3 Å². The number of rotatable bonds is 6. The van der Waals surface area contributed by atoms with Gasteiger partial charge in [0.25, 0.3) is 0 Å². The van der Waals surface area contributed by atoms with Crippen molar-refractivity contribution < 1.29 is 9.90 Å². The van der Waals surface area contributed by atoms with Crippen molar-refractivity contribution in [3.8, 4) is 0 Å². The van der Waals surface area contributed by atoms with Crippen LogP contribution in [0.5, 0.6) is 0 Å². The largest absolute Gasteiger partial charge is 0.393 e. The van der Waals surface area contributed by atoms with Gasteiger partial charge in [0.05, 0.1) is 28.0 Å². The Bertz CT molecular complexity index is 1280. The Balaban J connectivity index is 1.53. The predicted molar refractivity (Wildman–Crippen MR) is 142 cm³/mol. The highest BCUT2D eigenvalue weighted by molar-refractivity contribution is 6.41. The molecule has 2 atom stereocenters. The number of imidazole rings is 1. The average Bonchev–Trinajstić information content (AvgIpc) is 3.39. The SMILES string of the molecule is CC1(C(N)=O)CCC(n2c(Nc3c(Cl)cc(Cl)cc3Cl)nc3cnc(NC4CC[C@@H](O)C4)nc32)CC1. The molecule has 2 fully saturated rings. The van der Waals surface area contributed by atoms with E-state index in [1.165, 1.54) is 0 Å². The van der Waals surface area contributed by atoms with E-state index in [-0.39, 0.29) is 24.1 Å². The summed E-state index contributed by atoms with van der Waals surface area (Å²) < 4.78 is 2.04. The molecule has 1 aromatic carbocycles. The second kappa shape index (κ2) is 9.85. The fourth-order valence-corrected chi connectivity index (χ4v) is 6.10. The van der Waals surface area contributed by atoms with Gasteiger partial charge in [-0.1, -0.05) is 41.7 Å². The number of benzene rings is 1. The number of carbonyl (C=O) groups excluding carboxylic acids is 1. The molecule has 9 nitrogen and oxygen atoms in total. The number of hydrogen-bond acceptors (Lipinski definition) is 7. The third-order valence-electron chi connectivity index (χ3n) is 7.43. The third kappa shape index (κ3) is 4.94. The fourth-order valence-electron chi connectivity index (χ4n) is 5.18. The Morgan fingerprint density at radius 3 is 2.44 bits per heavy atom. The molecule has 0 radical (unpaired) electrons. The second-order valence-corrected chi connectivity index (χ2v) is 11.3. The normalized spacial score (nSPS) is 26.3. The lowest BCUT2D eigenvalue weighted by Crippen LogP contribution is -2.38. The van der Waals surface area contributed by atoms with Gasteiger partial charge in [-0.3, -0.25) is 9.36 Å². The molecule has 5 N–H and O–H groups in total. The molecule has 0 saturated heterocycles. The smallest absolute Gasteiger partial charge is 0.224 e. The first kappa shape index (κ1) is 25.3. The summed E-state index contributed by atoms with van der Waals surface area (Å²) in [6.07, 6.45) is 6.42. The van der Waals surface area contributed by atoms with Crippen molar-refractivity contribution in [2.75, 3.05) is 10.6 Å². The number of nitrogens with one attached hydrogen (secondary N) is 2. The first-order chi connectivity index (χ1) is 17.1. The molecule has 2 aliphatic rings. The van der Waals surface area contributed by atoms with Crippen LogP contribution in [0.3, 0.4) is 0 Å². The zero-order valence-corrected chi connectivity index (χ0v) is 22.0. The molecule has 5 rings (SSSR count). The topological polar surface area (TPSA) is 131 Å². The van der Waals surface area contributed by atoms with E-state index < -0.39 is 5.41 Å². The average molecular weight is 553 g/mol. The molecule has 2 aliphatic carbocycles. The van der Waals surface area contributed by atoms with Gasteiger partial charge in [0.1, 0.15) is 5.52 Å². The highest BCUT2D eigenvalue weighted by Crippen LogP contribution is 2.44. The monoisotopic (exact) mass is 551 g/mol. The van der Waals surface area contributed by atoms with Gasteiger partial charge in [0.15, 0.2) is 5.65 Å². The summed E-state index contributed by atoms with van der Waals surface area (Å²) in [6.45, 7) is 1.92. The van der Waals surface area contributed by atoms with Crippen LogP contribution in [-0.2, 0) is 4.79 Å². The number of aliphatic hydroxyl groups excluding tert-OH is 1. The zero-order valence-electron chi connectivity index (χ0n) is 19.8. The van der Waals surface area contributed by atoms with Crippen molar-refractivity contribution in [1.29, 1.82) is 0 Å². The number of amides is 1. The second-order valence-electron chi connectivity index (χ2n) is 10.0. The van der Waals surface area contributed by atoms with Crippen LogP contribution in [0.25, 0.3) is 11.2 Å². The van der Waals surface area contributed by atoms with Gasteiger partial charge in [0.2, 0.25) is 17.8 Å². The summed E-state index contributed by atoms with van der Waals surface area (Å²) in [6, 6.07) is 3.36. The van der Waals surface area contributed by atoms with E-state index in [4.69, 9.17) is 50.5 Å². The molecule has 2 heterocycles. The minimum absolute atomic E-state index is 0.0193. The number of fused-ring (bicyclic) bond motifs is 1. The maximum atomic E-state index is 12.0. The van der Waals surface area contributed by atoms with Crippen molar-refractivity contribution in [1.82, 2.24) is 19.5 Å². The maximum Gasteiger partial charge on any atom is 0.224 e. The third-order valence-corrected chi connectivity index (χ3v) is 8.25. The summed E-state index contributed by atoms with van der Waals surface area (Å²) in [7, 11) is 0. The number of halogens is 3. The van der Waals surface area contributed by atoms with Crippen LogP contribution >= 0.6 is 34.8 Å². The van der Waals surface area contributed by atoms with Crippen LogP contribution in [0.4, 0.5) is 17.6 Å². The van der Waals surface area contributed by atoms with Crippen LogP contribution in [0.1, 0.15) is 57.9 Å². The first-order valence-corrected chi connectivity index (χ1v) is 13.2. The van der Waals surface area contributed by atoms with E-state index in [1.54, 1.807) is 18.3 Å². The Morgan fingerprint density at radius 2 is 1.83 bits per heavy atom. The van der Waals surface area contributed by atoms with Gasteiger partial charge >= 0.3 is 0 Å². The van der Waals surface area contributed by atoms with Gasteiger partial charge in [-0.15, -0.1) is 0 Å². The summed E-state index contributed by atoms with van der Waals surface area (Å²) in [5, 5.41) is 17.7. The maximum absolute atomic E-state index is 12.0. The van der Waals surface area contributed by atoms with Gasteiger partial charge in [0, 0.05) is 22.5 Å². The number of nitrogens with two attached hydrogens (primary N) is 1. The molecule has 2 saturated carbocycles. The summed E-state index contributed by atoms with van der Waals surface area (Å²) in [5.74, 6) is 0.725. The van der Waals surface area contributed by atoms with Crippen LogP contribution < -0.4 is 16.4 Å². The lowest BCUT2D eigenvalue weighted by atomic mass is 9.73. The molecular formula is C24H28Cl3N7O2. The van der Waals surface area contributed by atoms with E-state index in [1.807, 2.05) is 11.5 Å². The van der Waals surface area contributed by atoms with E-state index in [9.17, 15) is 9.90 Å². The van der Waals surface area contributed by atoms with Gasteiger partial charge in [-0.25, -0.2) is 9.97 Å².